The van der Waals surface area contributed by atoms with Crippen LogP contribution in [-0.4, -0.2) is 23.8 Å². The zero-order valence-corrected chi connectivity index (χ0v) is 5.85. The van der Waals surface area contributed by atoms with E-state index in [1.165, 1.54) is 0 Å². The van der Waals surface area contributed by atoms with Crippen molar-refractivity contribution < 1.29 is 19.4 Å². The lowest BCUT2D eigenvalue weighted by molar-refractivity contribution is -0.139. The molecule has 1 radical (unpaired) electrons. The molecule has 0 fully saturated rings. The molecule has 1 amide bonds. The van der Waals surface area contributed by atoms with Gasteiger partial charge in [0.15, 0.2) is 0 Å². The van der Waals surface area contributed by atoms with Gasteiger partial charge >= 0.3 is 12.1 Å². The Labute approximate surface area is 62.9 Å². The molecule has 0 atom stereocenters. The molecule has 0 saturated heterocycles. The van der Waals surface area contributed by atoms with Gasteiger partial charge in [0.25, 0.3) is 0 Å². The van der Waals surface area contributed by atoms with Gasteiger partial charge < -0.3 is 9.84 Å². The number of hydrogen-bond acceptors (Lipinski definition) is 4. The van der Waals surface area contributed by atoms with Crippen molar-refractivity contribution in [2.24, 2.45) is 10.2 Å². The molecule has 0 aliphatic rings. The summed E-state index contributed by atoms with van der Waals surface area (Å²) in [6, 6.07) is 0. The average molecular weight is 159 g/mol. The molecule has 1 N–H and O–H groups in total. The largest absolute Gasteiger partial charge is 0.464 e. The van der Waals surface area contributed by atoms with E-state index in [9.17, 15) is 9.59 Å². The first kappa shape index (κ1) is 9.54. The van der Waals surface area contributed by atoms with Crippen LogP contribution in [0.3, 0.4) is 0 Å². The molecule has 0 aromatic rings. The highest BCUT2D eigenvalue weighted by Crippen LogP contribution is 1.87. The normalized spacial score (nSPS) is 9.91. The molecule has 0 spiro atoms. The lowest BCUT2D eigenvalue weighted by Crippen LogP contribution is -2.02. The fraction of sp³-hybridized carbons (Fsp3) is 0.400. The second-order valence-electron chi connectivity index (χ2n) is 1.38. The number of esters is 1. The quantitative estimate of drug-likeness (QED) is 0.488. The molecule has 61 valence electrons. The van der Waals surface area contributed by atoms with Gasteiger partial charge in [0.2, 0.25) is 6.54 Å². The molecule has 6 nitrogen and oxygen atoms in total. The Morgan fingerprint density at radius 1 is 1.64 bits per heavy atom. The fourth-order valence-corrected chi connectivity index (χ4v) is 0.305. The molecule has 0 unspecified atom stereocenters. The van der Waals surface area contributed by atoms with Crippen LogP contribution in [-0.2, 0) is 9.53 Å². The van der Waals surface area contributed by atoms with Gasteiger partial charge in [-0.1, -0.05) is 5.11 Å². The van der Waals surface area contributed by atoms with Crippen molar-refractivity contribution in [3.63, 3.8) is 0 Å². The summed E-state index contributed by atoms with van der Waals surface area (Å²) in [7, 11) is 0. The summed E-state index contributed by atoms with van der Waals surface area (Å²) >= 11 is 0. The molecule has 0 bridgehead atoms. The van der Waals surface area contributed by atoms with Crippen molar-refractivity contribution in [3.8, 4) is 0 Å². The monoisotopic (exact) mass is 159 g/mol. The Kier molecular flexibility index (Phi) is 4.63. The second kappa shape index (κ2) is 5.33. The Balaban J connectivity index is 3.53. The van der Waals surface area contributed by atoms with Crippen molar-refractivity contribution in [3.05, 3.63) is 6.54 Å². The van der Waals surface area contributed by atoms with Crippen molar-refractivity contribution in [1.82, 2.24) is 0 Å². The first-order valence-corrected chi connectivity index (χ1v) is 2.80. The number of nitrogens with zero attached hydrogens (tertiary/aromatic N) is 2. The summed E-state index contributed by atoms with van der Waals surface area (Å²) in [4.78, 5) is 20.1. The number of hydrogen-bond donors (Lipinski definition) is 1. The van der Waals surface area contributed by atoms with E-state index < -0.39 is 12.1 Å². The van der Waals surface area contributed by atoms with E-state index in [0.717, 1.165) is 0 Å². The van der Waals surface area contributed by atoms with Crippen LogP contribution in [0.15, 0.2) is 10.2 Å². The molecular formula is C5H7N2O4. The molecule has 11 heavy (non-hydrogen) atoms. The molecule has 6 heteroatoms. The Hall–Kier alpha value is -1.46. The first-order chi connectivity index (χ1) is 5.16. The third-order valence-corrected chi connectivity index (χ3v) is 0.593. The SMILES string of the molecule is CCOC(=O)[CH]N=NC(=O)O. The average Bonchev–Trinajstić information content (AvgIpc) is 1.87. The second-order valence-corrected chi connectivity index (χ2v) is 1.38. The van der Waals surface area contributed by atoms with E-state index in [-0.39, 0.29) is 6.61 Å². The maximum absolute atomic E-state index is 10.4. The molecule has 0 aromatic carbocycles. The summed E-state index contributed by atoms with van der Waals surface area (Å²) in [6.45, 7) is 2.54. The molecular weight excluding hydrogens is 152 g/mol. The van der Waals surface area contributed by atoms with Crippen LogP contribution in [0.2, 0.25) is 0 Å². The topological polar surface area (TPSA) is 88.3 Å². The first-order valence-electron chi connectivity index (χ1n) is 2.80. The molecule has 0 rings (SSSR count). The summed E-state index contributed by atoms with van der Waals surface area (Å²) < 4.78 is 4.38. The minimum absolute atomic E-state index is 0.220. The van der Waals surface area contributed by atoms with Gasteiger partial charge in [-0.05, 0) is 6.92 Å². The van der Waals surface area contributed by atoms with Gasteiger partial charge in [0, 0.05) is 0 Å². The number of carbonyl (C=O) groups is 2. The molecule has 0 heterocycles. The molecule has 0 aromatic heterocycles. The maximum Gasteiger partial charge on any atom is 0.449 e. The Morgan fingerprint density at radius 3 is 2.73 bits per heavy atom. The van der Waals surface area contributed by atoms with Crippen LogP contribution in [0.1, 0.15) is 6.92 Å². The third kappa shape index (κ3) is 6.42. The van der Waals surface area contributed by atoms with Crippen LogP contribution in [0.25, 0.3) is 0 Å². The molecule has 0 aliphatic carbocycles. The Morgan fingerprint density at radius 2 is 2.27 bits per heavy atom. The minimum Gasteiger partial charge on any atom is -0.464 e. The zero-order valence-electron chi connectivity index (χ0n) is 5.85. The standard InChI is InChI=1S/C5H7N2O4/c1-2-11-4(8)3-6-7-5(9)10/h3H,2H2,1H3,(H,9,10). The summed E-state index contributed by atoms with van der Waals surface area (Å²) in [5, 5.41) is 13.5. The highest BCUT2D eigenvalue weighted by molar-refractivity contribution is 5.78. The van der Waals surface area contributed by atoms with Gasteiger partial charge in [0.05, 0.1) is 6.61 Å². The predicted molar refractivity (Wildman–Crippen MR) is 33.8 cm³/mol. The summed E-state index contributed by atoms with van der Waals surface area (Å²) in [5.41, 5.74) is 0. The Bertz CT molecular complexity index is 177. The molecule has 0 aliphatic heterocycles. The van der Waals surface area contributed by atoms with Crippen molar-refractivity contribution in [1.29, 1.82) is 0 Å². The lowest BCUT2D eigenvalue weighted by Gasteiger charge is -1.93. The van der Waals surface area contributed by atoms with E-state index in [2.05, 4.69) is 15.0 Å². The third-order valence-electron chi connectivity index (χ3n) is 0.593. The lowest BCUT2D eigenvalue weighted by atomic mass is 10.7. The van der Waals surface area contributed by atoms with E-state index >= 15 is 0 Å². The van der Waals surface area contributed by atoms with Crippen molar-refractivity contribution in [2.75, 3.05) is 6.61 Å². The highest BCUT2D eigenvalue weighted by atomic mass is 16.5. The zero-order chi connectivity index (χ0) is 8.69. The van der Waals surface area contributed by atoms with Crippen LogP contribution in [0.5, 0.6) is 0 Å². The maximum atomic E-state index is 10.4. The van der Waals surface area contributed by atoms with Gasteiger partial charge in [-0.25, -0.2) is 9.59 Å². The van der Waals surface area contributed by atoms with Gasteiger partial charge in [-0.3, -0.25) is 0 Å². The van der Waals surface area contributed by atoms with E-state index in [1.54, 1.807) is 6.92 Å². The highest BCUT2D eigenvalue weighted by Gasteiger charge is 1.99. The number of ether oxygens (including phenoxy) is 1. The number of amides is 1. The smallest absolute Gasteiger partial charge is 0.449 e. The van der Waals surface area contributed by atoms with Gasteiger partial charge in [-0.2, -0.15) is 5.11 Å². The number of carbonyl (C=O) groups excluding carboxylic acids is 1. The summed E-state index contributed by atoms with van der Waals surface area (Å²) in [5.74, 6) is -0.711. The number of carboxylic acid groups (broad SMARTS) is 1. The predicted octanol–water partition coefficient (Wildman–Crippen LogP) is 0.841. The van der Waals surface area contributed by atoms with Gasteiger partial charge in [-0.15, -0.1) is 0 Å². The van der Waals surface area contributed by atoms with Crippen LogP contribution in [0.4, 0.5) is 4.79 Å². The fourth-order valence-electron chi connectivity index (χ4n) is 0.305. The van der Waals surface area contributed by atoms with Crippen LogP contribution in [0, 0.1) is 6.54 Å². The van der Waals surface area contributed by atoms with Crippen LogP contribution >= 0.6 is 0 Å². The van der Waals surface area contributed by atoms with Crippen LogP contribution < -0.4 is 0 Å². The van der Waals surface area contributed by atoms with Crippen molar-refractivity contribution >= 4 is 12.1 Å². The number of azo groups is 1. The van der Waals surface area contributed by atoms with Crippen molar-refractivity contribution in [2.45, 2.75) is 6.92 Å². The van der Waals surface area contributed by atoms with E-state index in [4.69, 9.17) is 5.11 Å². The number of rotatable bonds is 3. The van der Waals surface area contributed by atoms with Gasteiger partial charge in [0.1, 0.15) is 0 Å². The van der Waals surface area contributed by atoms with E-state index in [1.807, 2.05) is 0 Å². The van der Waals surface area contributed by atoms with E-state index in [0.29, 0.717) is 6.54 Å². The molecule has 0 saturated carbocycles. The summed E-state index contributed by atoms with van der Waals surface area (Å²) in [6.07, 6.45) is -1.45. The minimum atomic E-state index is -1.45.